The monoisotopic (exact) mass is 324 g/mol. The van der Waals surface area contributed by atoms with E-state index in [0.29, 0.717) is 0 Å². The van der Waals surface area contributed by atoms with Crippen LogP contribution in [0.4, 0.5) is 0 Å². The Labute approximate surface area is 109 Å². The molecule has 100 valence electrons. The molecule has 0 aliphatic carbocycles. The van der Waals surface area contributed by atoms with Crippen molar-refractivity contribution in [1.82, 2.24) is 0 Å². The summed E-state index contributed by atoms with van der Waals surface area (Å²) in [6, 6.07) is 0. The molecule has 0 bridgehead atoms. The first-order valence-electron chi connectivity index (χ1n) is 5.80. The normalized spacial score (nSPS) is 40.5. The van der Waals surface area contributed by atoms with Gasteiger partial charge < -0.3 is 0 Å². The maximum atomic E-state index is 5.92. The second-order valence-electron chi connectivity index (χ2n) is 5.60. The Bertz CT molecular complexity index is 340. The Balaban J connectivity index is 2.13. The van der Waals surface area contributed by atoms with E-state index in [2.05, 4.69) is 11.4 Å². The van der Waals surface area contributed by atoms with Crippen LogP contribution in [0.25, 0.3) is 0 Å². The Morgan fingerprint density at radius 1 is 1.24 bits per heavy atom. The van der Waals surface area contributed by atoms with Gasteiger partial charge in [-0.05, 0) is 0 Å². The number of ether oxygens (including phenoxy) is 4. The van der Waals surface area contributed by atoms with Gasteiger partial charge in [-0.15, -0.1) is 0 Å². The average Bonchev–Trinajstić information content (AvgIpc) is 2.59. The van der Waals surface area contributed by atoms with E-state index in [9.17, 15) is 0 Å². The first-order chi connectivity index (χ1) is 7.72. The molecule has 2 fully saturated rings. The summed E-state index contributed by atoms with van der Waals surface area (Å²) in [5.74, 6) is -0.551. The molecule has 0 spiro atoms. The van der Waals surface area contributed by atoms with Crippen molar-refractivity contribution in [1.29, 1.82) is 0 Å². The van der Waals surface area contributed by atoms with E-state index < -0.39 is 17.7 Å². The van der Waals surface area contributed by atoms with Gasteiger partial charge in [0.2, 0.25) is 0 Å². The van der Waals surface area contributed by atoms with Crippen molar-refractivity contribution < 1.29 is 18.9 Å². The summed E-state index contributed by atoms with van der Waals surface area (Å²) in [6.07, 6.45) is -0.480. The summed E-state index contributed by atoms with van der Waals surface area (Å²) in [7, 11) is 7.20. The third kappa shape index (κ3) is 3.14. The molecular formula is C11H21AsO4S. The quantitative estimate of drug-likeness (QED) is 0.745. The average molecular weight is 324 g/mol. The molecule has 0 saturated carbocycles. The number of hydrogen-bond acceptors (Lipinski definition) is 5. The Hall–Kier alpha value is 0.618. The molecule has 2 aliphatic heterocycles. The van der Waals surface area contributed by atoms with Crippen molar-refractivity contribution in [3.05, 3.63) is 0 Å². The fourth-order valence-corrected chi connectivity index (χ4v) is 5.61. The molecule has 6 heteroatoms. The molecule has 2 rings (SSSR count). The van der Waals surface area contributed by atoms with Gasteiger partial charge in [-0.2, -0.15) is 0 Å². The van der Waals surface area contributed by atoms with Gasteiger partial charge in [-0.1, -0.05) is 0 Å². The van der Waals surface area contributed by atoms with Crippen molar-refractivity contribution in [3.63, 3.8) is 0 Å². The molecule has 4 atom stereocenters. The zero-order valence-corrected chi connectivity index (χ0v) is 13.7. The van der Waals surface area contributed by atoms with Gasteiger partial charge in [-0.25, -0.2) is 0 Å². The topological polar surface area (TPSA) is 36.9 Å². The summed E-state index contributed by atoms with van der Waals surface area (Å²) < 4.78 is 22.9. The number of methoxy groups -OCH3 is 1. The standard InChI is InChI=1S/C11H21AsO4S/c1-11(2)15-8-7(6-12(3,4)17)14-10(13-5)9(8)16-11/h7-10H,6H2,1-5H3/t7-,8-,9-,10-/m1/s1. The summed E-state index contributed by atoms with van der Waals surface area (Å²) in [4.78, 5) is 0. The van der Waals surface area contributed by atoms with E-state index in [1.165, 1.54) is 0 Å². The third-order valence-electron chi connectivity index (χ3n) is 2.96. The zero-order chi connectivity index (χ0) is 12.8. The number of hydrogen-bond donors (Lipinski definition) is 0. The Morgan fingerprint density at radius 2 is 1.82 bits per heavy atom. The molecule has 2 saturated heterocycles. The van der Waals surface area contributed by atoms with Crippen LogP contribution < -0.4 is 0 Å². The van der Waals surface area contributed by atoms with Crippen LogP contribution in [0.15, 0.2) is 0 Å². The zero-order valence-electron chi connectivity index (χ0n) is 11.0. The summed E-state index contributed by atoms with van der Waals surface area (Å²) in [6.45, 7) is 3.85. The third-order valence-corrected chi connectivity index (χ3v) is 6.33. The predicted molar refractivity (Wildman–Crippen MR) is 69.4 cm³/mol. The van der Waals surface area contributed by atoms with Crippen molar-refractivity contribution in [3.8, 4) is 0 Å². The summed E-state index contributed by atoms with van der Waals surface area (Å²) in [5.41, 5.74) is 4.38. The van der Waals surface area contributed by atoms with Crippen LogP contribution in [0.2, 0.25) is 16.6 Å². The summed E-state index contributed by atoms with van der Waals surface area (Å²) in [5, 5.41) is 0.925. The Kier molecular flexibility index (Phi) is 3.82. The summed E-state index contributed by atoms with van der Waals surface area (Å²) >= 11 is -1.93. The van der Waals surface area contributed by atoms with Gasteiger partial charge in [0.1, 0.15) is 0 Å². The minimum atomic E-state index is -1.93. The SMILES string of the molecule is CO[C@@H]1O[C@H](C[As](C)(C)=S)[C@H]2OC(C)(C)O[C@@H]12. The van der Waals surface area contributed by atoms with Gasteiger partial charge in [0.25, 0.3) is 0 Å². The van der Waals surface area contributed by atoms with Crippen LogP contribution in [0, 0.1) is 0 Å². The number of rotatable bonds is 3. The van der Waals surface area contributed by atoms with Crippen LogP contribution in [0.5, 0.6) is 0 Å². The maximum absolute atomic E-state index is 5.92. The van der Waals surface area contributed by atoms with Crippen molar-refractivity contribution in [2.75, 3.05) is 7.11 Å². The van der Waals surface area contributed by atoms with E-state index in [4.69, 9.17) is 29.3 Å². The van der Waals surface area contributed by atoms with Crippen molar-refractivity contribution in [2.24, 2.45) is 0 Å². The minimum absolute atomic E-state index is 0.0201. The molecule has 0 amide bonds. The molecule has 0 N–H and O–H groups in total. The fourth-order valence-electron chi connectivity index (χ4n) is 2.41. The Morgan fingerprint density at radius 3 is 2.35 bits per heavy atom. The van der Waals surface area contributed by atoms with Crippen LogP contribution >= 0.6 is 10.4 Å². The van der Waals surface area contributed by atoms with Gasteiger partial charge in [0.05, 0.1) is 0 Å². The van der Waals surface area contributed by atoms with Gasteiger partial charge >= 0.3 is 109 Å². The molecule has 4 nitrogen and oxygen atoms in total. The first kappa shape index (κ1) is 14.0. The second kappa shape index (κ2) is 4.62. The molecular weight excluding hydrogens is 303 g/mol. The van der Waals surface area contributed by atoms with Crippen LogP contribution in [0.1, 0.15) is 13.8 Å². The molecule has 0 unspecified atom stereocenters. The molecule has 0 aromatic rings. The molecule has 17 heavy (non-hydrogen) atoms. The molecule has 2 heterocycles. The first-order valence-corrected chi connectivity index (χ1v) is 13.5. The van der Waals surface area contributed by atoms with Crippen molar-refractivity contribution in [2.45, 2.75) is 60.9 Å². The molecule has 0 radical (unpaired) electrons. The van der Waals surface area contributed by atoms with E-state index in [0.717, 1.165) is 5.21 Å². The van der Waals surface area contributed by atoms with Crippen LogP contribution in [-0.4, -0.2) is 49.4 Å². The van der Waals surface area contributed by atoms with E-state index in [1.807, 2.05) is 13.8 Å². The van der Waals surface area contributed by atoms with Crippen LogP contribution in [0.3, 0.4) is 0 Å². The van der Waals surface area contributed by atoms with Crippen LogP contribution in [-0.2, 0) is 18.9 Å². The number of fused-ring (bicyclic) bond motifs is 1. The molecule has 0 aromatic carbocycles. The predicted octanol–water partition coefficient (Wildman–Crippen LogP) is 2.28. The van der Waals surface area contributed by atoms with E-state index in [1.54, 1.807) is 7.11 Å². The molecule has 0 aromatic heterocycles. The second-order valence-corrected chi connectivity index (χ2v) is 18.1. The van der Waals surface area contributed by atoms with Gasteiger partial charge in [-0.3, -0.25) is 0 Å². The van der Waals surface area contributed by atoms with Crippen molar-refractivity contribution >= 4 is 22.3 Å². The van der Waals surface area contributed by atoms with Gasteiger partial charge in [0, 0.05) is 0 Å². The fraction of sp³-hybridized carbons (Fsp3) is 1.00. The van der Waals surface area contributed by atoms with E-state index >= 15 is 0 Å². The van der Waals surface area contributed by atoms with Gasteiger partial charge in [0.15, 0.2) is 0 Å². The van der Waals surface area contributed by atoms with E-state index in [-0.39, 0.29) is 24.6 Å². The molecule has 2 aliphatic rings.